The van der Waals surface area contributed by atoms with Gasteiger partial charge in [-0.25, -0.2) is 4.79 Å². The molecule has 0 saturated heterocycles. The molecule has 0 fully saturated rings. The highest BCUT2D eigenvalue weighted by atomic mass is 16.5. The van der Waals surface area contributed by atoms with Gasteiger partial charge in [0.2, 0.25) is 6.54 Å². The first-order valence-corrected chi connectivity index (χ1v) is 7.02. The Hall–Kier alpha value is -2.66. The molecule has 3 rings (SSSR count). The number of aliphatic hydroxyl groups is 1. The van der Waals surface area contributed by atoms with Gasteiger partial charge in [-0.2, -0.15) is 0 Å². The second-order valence-electron chi connectivity index (χ2n) is 5.42. The lowest BCUT2D eigenvalue weighted by Gasteiger charge is -2.19. The molecule has 2 N–H and O–H groups in total. The molecule has 0 aliphatic rings. The van der Waals surface area contributed by atoms with Crippen LogP contribution in [0.25, 0.3) is 11.3 Å². The first kappa shape index (κ1) is 14.3. The zero-order valence-electron chi connectivity index (χ0n) is 12.2. The molecule has 2 aromatic carbocycles. The number of aromatic nitrogens is 2. The van der Waals surface area contributed by atoms with Crippen LogP contribution in [0.4, 0.5) is 0 Å². The van der Waals surface area contributed by atoms with E-state index in [0.717, 1.165) is 11.1 Å². The molecule has 112 valence electrons. The third-order valence-electron chi connectivity index (χ3n) is 3.62. The minimum atomic E-state index is -1.14. The fourth-order valence-electron chi connectivity index (χ4n) is 2.48. The second-order valence-corrected chi connectivity index (χ2v) is 5.42. The summed E-state index contributed by atoms with van der Waals surface area (Å²) < 4.78 is 6.44. The van der Waals surface area contributed by atoms with Gasteiger partial charge in [0.05, 0.1) is 5.56 Å². The number of hydrogen-bond donors (Lipinski definition) is 2. The summed E-state index contributed by atoms with van der Waals surface area (Å²) in [5.41, 5.74) is 0.291. The van der Waals surface area contributed by atoms with Gasteiger partial charge in [0.1, 0.15) is 5.60 Å². The highest BCUT2D eigenvalue weighted by molar-refractivity contribution is 5.53. The van der Waals surface area contributed by atoms with E-state index in [2.05, 4.69) is 5.27 Å². The van der Waals surface area contributed by atoms with Crippen molar-refractivity contribution in [2.75, 3.05) is 0 Å². The second kappa shape index (κ2) is 5.61. The van der Waals surface area contributed by atoms with Crippen LogP contribution in [-0.4, -0.2) is 10.4 Å². The molecular weight excluding hydrogens is 280 g/mol. The minimum absolute atomic E-state index is 0.174. The molecule has 1 unspecified atom stereocenters. The Labute approximate surface area is 127 Å². The maximum Gasteiger partial charge on any atom is 0.435 e. The normalized spacial score (nSPS) is 13.7. The molecule has 0 aliphatic carbocycles. The molecule has 5 heteroatoms. The number of hydrogen-bond acceptors (Lipinski definition) is 3. The van der Waals surface area contributed by atoms with E-state index in [0.29, 0.717) is 5.69 Å². The molecule has 1 aromatic heterocycles. The Morgan fingerprint density at radius 1 is 1.09 bits per heavy atom. The van der Waals surface area contributed by atoms with Crippen molar-refractivity contribution in [1.29, 1.82) is 0 Å². The molecule has 5 nitrogen and oxygen atoms in total. The first-order chi connectivity index (χ1) is 10.6. The van der Waals surface area contributed by atoms with Crippen molar-refractivity contribution in [3.63, 3.8) is 0 Å². The van der Waals surface area contributed by atoms with Crippen molar-refractivity contribution < 1.29 is 14.3 Å². The lowest BCUT2D eigenvalue weighted by atomic mass is 9.96. The minimum Gasteiger partial charge on any atom is -0.379 e. The van der Waals surface area contributed by atoms with E-state index in [4.69, 9.17) is 4.52 Å². The summed E-state index contributed by atoms with van der Waals surface area (Å²) in [4.78, 5) is 12.0. The summed E-state index contributed by atoms with van der Waals surface area (Å²) >= 11 is 0. The van der Waals surface area contributed by atoms with Gasteiger partial charge in [0.25, 0.3) is 0 Å². The van der Waals surface area contributed by atoms with E-state index in [-0.39, 0.29) is 6.54 Å². The van der Waals surface area contributed by atoms with E-state index >= 15 is 0 Å². The molecule has 0 radical (unpaired) electrons. The van der Waals surface area contributed by atoms with Crippen molar-refractivity contribution in [2.24, 2.45) is 0 Å². The Bertz CT molecular complexity index is 805. The quantitative estimate of drug-likeness (QED) is 0.722. The number of rotatable bonds is 4. The fourth-order valence-corrected chi connectivity index (χ4v) is 2.48. The molecule has 3 aromatic rings. The summed E-state index contributed by atoms with van der Waals surface area (Å²) in [7, 11) is 0. The average Bonchev–Trinajstić information content (AvgIpc) is 2.89. The van der Waals surface area contributed by atoms with Gasteiger partial charge in [-0.3, -0.25) is 4.52 Å². The molecular formula is C17H17N2O3+. The van der Waals surface area contributed by atoms with Crippen LogP contribution in [0, 0.1) is 0 Å². The Morgan fingerprint density at radius 3 is 2.32 bits per heavy atom. The predicted octanol–water partition coefficient (Wildman–Crippen LogP) is 1.83. The summed E-state index contributed by atoms with van der Waals surface area (Å²) in [5, 5.41) is 13.3. The molecule has 0 bridgehead atoms. The Morgan fingerprint density at radius 2 is 1.68 bits per heavy atom. The maximum atomic E-state index is 12.0. The van der Waals surface area contributed by atoms with Crippen LogP contribution in [0.15, 0.2) is 70.0 Å². The van der Waals surface area contributed by atoms with E-state index in [1.807, 2.05) is 60.7 Å². The SMILES string of the molecule is CC(O)(C[n+]1[nH]oc(=O)c1-c1ccccc1)c1ccccc1. The lowest BCUT2D eigenvalue weighted by Crippen LogP contribution is -2.48. The van der Waals surface area contributed by atoms with E-state index in [1.54, 1.807) is 6.92 Å². The molecule has 0 spiro atoms. The van der Waals surface area contributed by atoms with E-state index < -0.39 is 11.2 Å². The number of nitrogens with zero attached hydrogens (tertiary/aromatic N) is 1. The Kier molecular flexibility index (Phi) is 3.65. The van der Waals surface area contributed by atoms with Gasteiger partial charge in [0, 0.05) is 0 Å². The highest BCUT2D eigenvalue weighted by Crippen LogP contribution is 2.21. The molecule has 1 atom stereocenters. The largest absolute Gasteiger partial charge is 0.435 e. The average molecular weight is 297 g/mol. The summed E-state index contributed by atoms with van der Waals surface area (Å²) in [6.07, 6.45) is 0. The first-order valence-electron chi connectivity index (χ1n) is 7.02. The van der Waals surface area contributed by atoms with Crippen molar-refractivity contribution in [2.45, 2.75) is 19.1 Å². The number of H-pyrrole nitrogens is 1. The smallest absolute Gasteiger partial charge is 0.379 e. The van der Waals surface area contributed by atoms with Crippen LogP contribution in [0.2, 0.25) is 0 Å². The zero-order chi connectivity index (χ0) is 15.6. The van der Waals surface area contributed by atoms with Gasteiger partial charge < -0.3 is 5.11 Å². The van der Waals surface area contributed by atoms with Crippen LogP contribution < -0.4 is 10.3 Å². The third-order valence-corrected chi connectivity index (χ3v) is 3.62. The molecule has 22 heavy (non-hydrogen) atoms. The van der Waals surface area contributed by atoms with E-state index in [9.17, 15) is 9.90 Å². The van der Waals surface area contributed by atoms with Crippen LogP contribution >= 0.6 is 0 Å². The van der Waals surface area contributed by atoms with Crippen molar-refractivity contribution in [1.82, 2.24) is 5.27 Å². The topological polar surface area (TPSA) is 70.1 Å². The molecule has 1 heterocycles. The molecule has 0 saturated carbocycles. The van der Waals surface area contributed by atoms with Gasteiger partial charge >= 0.3 is 11.3 Å². The fraction of sp³-hybridized carbons (Fsp3) is 0.176. The predicted molar refractivity (Wildman–Crippen MR) is 81.0 cm³/mol. The number of benzene rings is 2. The summed E-state index contributed by atoms with van der Waals surface area (Å²) in [6, 6.07) is 18.5. The van der Waals surface area contributed by atoms with Crippen molar-refractivity contribution in [3.8, 4) is 11.3 Å². The highest BCUT2D eigenvalue weighted by Gasteiger charge is 2.33. The summed E-state index contributed by atoms with van der Waals surface area (Å²) in [5.74, 6) is 0. The maximum absolute atomic E-state index is 12.0. The van der Waals surface area contributed by atoms with E-state index in [1.165, 1.54) is 4.68 Å². The van der Waals surface area contributed by atoms with Gasteiger partial charge in [0.15, 0.2) is 0 Å². The van der Waals surface area contributed by atoms with Gasteiger partial charge in [-0.15, -0.1) is 0 Å². The number of aromatic amines is 1. The molecule has 0 amide bonds. The van der Waals surface area contributed by atoms with Gasteiger partial charge in [-0.1, -0.05) is 53.2 Å². The third kappa shape index (κ3) is 2.71. The Balaban J connectivity index is 1.99. The number of nitrogens with one attached hydrogen (secondary N) is 1. The van der Waals surface area contributed by atoms with Crippen LogP contribution in [0.1, 0.15) is 12.5 Å². The summed E-state index contributed by atoms with van der Waals surface area (Å²) in [6.45, 7) is 1.88. The van der Waals surface area contributed by atoms with Crippen molar-refractivity contribution >= 4 is 0 Å². The van der Waals surface area contributed by atoms with Crippen LogP contribution in [-0.2, 0) is 12.1 Å². The standard InChI is InChI=1S/C17H16N2O3/c1-17(21,14-10-6-3-7-11-14)12-19-15(16(20)22-18-19)13-8-4-2-5-9-13/h2-11,21H,12H2,1H3/p+1. The van der Waals surface area contributed by atoms with Gasteiger partial charge in [-0.05, 0) is 29.9 Å². The lowest BCUT2D eigenvalue weighted by molar-refractivity contribution is -0.765. The molecule has 0 aliphatic heterocycles. The van der Waals surface area contributed by atoms with Crippen LogP contribution in [0.3, 0.4) is 0 Å². The zero-order valence-corrected chi connectivity index (χ0v) is 12.2. The van der Waals surface area contributed by atoms with Crippen LogP contribution in [0.5, 0.6) is 0 Å². The van der Waals surface area contributed by atoms with Crippen molar-refractivity contribution in [3.05, 3.63) is 76.6 Å². The monoisotopic (exact) mass is 297 g/mol.